The number of β-amino-alcohol motifs (C(OH)–C–C–N with tert-alkyl or cyclic N) is 1. The van der Waals surface area contributed by atoms with E-state index in [0.29, 0.717) is 23.5 Å². The Morgan fingerprint density at radius 3 is 3.00 bits per heavy atom. The minimum atomic E-state index is -0.497. The van der Waals surface area contributed by atoms with Gasteiger partial charge in [-0.3, -0.25) is 4.79 Å². The monoisotopic (exact) mass is 270 g/mol. The molecule has 1 amide bonds. The fourth-order valence-electron chi connectivity index (χ4n) is 1.80. The number of rotatable bonds is 3. The highest BCUT2D eigenvalue weighted by Gasteiger charge is 2.29. The lowest BCUT2D eigenvalue weighted by atomic mass is 10.2. The van der Waals surface area contributed by atoms with E-state index in [1.54, 1.807) is 11.4 Å². The number of carbonyl (C=O) groups is 2. The zero-order valence-corrected chi connectivity index (χ0v) is 10.6. The van der Waals surface area contributed by atoms with Crippen LogP contribution < -0.4 is 10.6 Å². The summed E-state index contributed by atoms with van der Waals surface area (Å²) in [5, 5.41) is 16.6. The number of nitrogens with one attached hydrogen (secondary N) is 2. The number of hydrogen-bond acceptors (Lipinski definition) is 6. The zero-order valence-electron chi connectivity index (χ0n) is 9.80. The highest BCUT2D eigenvalue weighted by molar-refractivity contribution is 7.12. The van der Waals surface area contributed by atoms with Crippen LogP contribution in [0, 0.1) is 0 Å². The molecule has 2 rings (SSSR count). The molecule has 2 unspecified atom stereocenters. The van der Waals surface area contributed by atoms with E-state index in [2.05, 4.69) is 15.4 Å². The quantitative estimate of drug-likeness (QED) is 0.683. The Morgan fingerprint density at radius 1 is 1.61 bits per heavy atom. The largest absolute Gasteiger partial charge is 0.465 e. The first-order chi connectivity index (χ1) is 8.61. The molecule has 3 N–H and O–H groups in total. The number of esters is 1. The van der Waals surface area contributed by atoms with Crippen LogP contribution >= 0.6 is 11.3 Å². The van der Waals surface area contributed by atoms with E-state index in [0.717, 1.165) is 0 Å². The summed E-state index contributed by atoms with van der Waals surface area (Å²) in [5.41, 5.74) is 0.444. The van der Waals surface area contributed by atoms with Crippen molar-refractivity contribution in [2.75, 3.05) is 19.0 Å². The van der Waals surface area contributed by atoms with E-state index in [1.807, 2.05) is 0 Å². The molecule has 1 aliphatic rings. The maximum absolute atomic E-state index is 11.9. The average molecular weight is 270 g/mol. The molecule has 1 aromatic heterocycles. The molecular weight excluding hydrogens is 256 g/mol. The zero-order chi connectivity index (χ0) is 13.1. The normalized spacial score (nSPS) is 22.8. The van der Waals surface area contributed by atoms with Crippen molar-refractivity contribution >= 4 is 28.9 Å². The van der Waals surface area contributed by atoms with Gasteiger partial charge in [-0.2, -0.15) is 0 Å². The number of carbonyl (C=O) groups excluding carboxylic acids is 2. The third kappa shape index (κ3) is 2.69. The van der Waals surface area contributed by atoms with Crippen LogP contribution in [0.5, 0.6) is 0 Å². The Kier molecular flexibility index (Phi) is 3.95. The molecule has 0 aliphatic carbocycles. The van der Waals surface area contributed by atoms with E-state index in [-0.39, 0.29) is 5.91 Å². The summed E-state index contributed by atoms with van der Waals surface area (Å²) >= 11 is 1.21. The number of hydrogen-bond donors (Lipinski definition) is 3. The summed E-state index contributed by atoms with van der Waals surface area (Å²) in [4.78, 5) is 23.7. The molecule has 2 heterocycles. The van der Waals surface area contributed by atoms with Crippen LogP contribution in [0.15, 0.2) is 11.4 Å². The van der Waals surface area contributed by atoms with Crippen molar-refractivity contribution in [1.82, 2.24) is 5.32 Å². The van der Waals surface area contributed by atoms with Crippen LogP contribution in [0.1, 0.15) is 16.1 Å². The van der Waals surface area contributed by atoms with Crippen LogP contribution in [-0.4, -0.2) is 42.8 Å². The topological polar surface area (TPSA) is 87.7 Å². The van der Waals surface area contributed by atoms with E-state index in [1.165, 1.54) is 18.4 Å². The van der Waals surface area contributed by atoms with Gasteiger partial charge in [-0.05, 0) is 17.9 Å². The van der Waals surface area contributed by atoms with Gasteiger partial charge >= 0.3 is 5.97 Å². The fraction of sp³-hybridized carbons (Fsp3) is 0.455. The first-order valence-corrected chi connectivity index (χ1v) is 6.38. The molecule has 1 aromatic rings. The molecule has 6 nitrogen and oxygen atoms in total. The lowest BCUT2D eigenvalue weighted by molar-refractivity contribution is -0.117. The molecule has 0 saturated carbocycles. The van der Waals surface area contributed by atoms with E-state index >= 15 is 0 Å². The second-order valence-corrected chi connectivity index (χ2v) is 4.91. The van der Waals surface area contributed by atoms with Gasteiger partial charge in [0.05, 0.1) is 24.9 Å². The third-order valence-corrected chi connectivity index (χ3v) is 3.61. The molecule has 1 fully saturated rings. The van der Waals surface area contributed by atoms with Gasteiger partial charge < -0.3 is 20.5 Å². The van der Waals surface area contributed by atoms with Gasteiger partial charge in [0, 0.05) is 6.54 Å². The molecule has 98 valence electrons. The molecule has 1 aliphatic heterocycles. The van der Waals surface area contributed by atoms with E-state index in [4.69, 9.17) is 0 Å². The van der Waals surface area contributed by atoms with Crippen molar-refractivity contribution in [3.8, 4) is 0 Å². The van der Waals surface area contributed by atoms with Gasteiger partial charge in [-0.25, -0.2) is 4.79 Å². The Morgan fingerprint density at radius 2 is 2.39 bits per heavy atom. The SMILES string of the molecule is COC(=O)c1sccc1NC(=O)C1CC(O)CN1. The number of thiophene rings is 1. The average Bonchev–Trinajstić information content (AvgIpc) is 2.97. The molecule has 2 atom stereocenters. The Balaban J connectivity index is 2.03. The molecule has 0 spiro atoms. The van der Waals surface area contributed by atoms with E-state index in [9.17, 15) is 14.7 Å². The third-order valence-electron chi connectivity index (χ3n) is 2.72. The van der Waals surface area contributed by atoms with Crippen LogP contribution in [0.3, 0.4) is 0 Å². The van der Waals surface area contributed by atoms with Gasteiger partial charge in [0.1, 0.15) is 4.88 Å². The maximum Gasteiger partial charge on any atom is 0.350 e. The Labute approximate surface area is 108 Å². The van der Waals surface area contributed by atoms with Crippen molar-refractivity contribution < 1.29 is 19.4 Å². The Bertz CT molecular complexity index is 460. The predicted molar refractivity (Wildman–Crippen MR) is 66.7 cm³/mol. The van der Waals surface area contributed by atoms with Gasteiger partial charge in [0.15, 0.2) is 0 Å². The van der Waals surface area contributed by atoms with Gasteiger partial charge in [-0.1, -0.05) is 0 Å². The molecule has 0 aromatic carbocycles. The van der Waals surface area contributed by atoms with Gasteiger partial charge in [-0.15, -0.1) is 11.3 Å². The number of aliphatic hydroxyl groups excluding tert-OH is 1. The number of anilines is 1. The summed E-state index contributed by atoms with van der Waals surface area (Å²) < 4.78 is 4.62. The lowest BCUT2D eigenvalue weighted by Gasteiger charge is -2.10. The number of amides is 1. The molecule has 18 heavy (non-hydrogen) atoms. The highest BCUT2D eigenvalue weighted by Crippen LogP contribution is 2.23. The molecule has 1 saturated heterocycles. The summed E-state index contributed by atoms with van der Waals surface area (Å²) in [6.45, 7) is 0.408. The summed E-state index contributed by atoms with van der Waals surface area (Å²) in [7, 11) is 1.29. The molecule has 0 bridgehead atoms. The summed E-state index contributed by atoms with van der Waals surface area (Å²) in [6.07, 6.45) is -0.118. The number of ether oxygens (including phenoxy) is 1. The standard InChI is InChI=1S/C11H14N2O4S/c1-17-11(16)9-7(2-3-18-9)13-10(15)8-4-6(14)5-12-8/h2-3,6,8,12,14H,4-5H2,1H3,(H,13,15). The molecule has 7 heteroatoms. The fourth-order valence-corrected chi connectivity index (χ4v) is 2.56. The van der Waals surface area contributed by atoms with Crippen molar-refractivity contribution in [3.05, 3.63) is 16.3 Å². The number of methoxy groups -OCH3 is 1. The van der Waals surface area contributed by atoms with Crippen molar-refractivity contribution in [2.24, 2.45) is 0 Å². The minimum Gasteiger partial charge on any atom is -0.465 e. The maximum atomic E-state index is 11.9. The van der Waals surface area contributed by atoms with Crippen LogP contribution in [0.4, 0.5) is 5.69 Å². The van der Waals surface area contributed by atoms with Crippen LogP contribution in [0.2, 0.25) is 0 Å². The van der Waals surface area contributed by atoms with E-state index < -0.39 is 18.1 Å². The molecule has 0 radical (unpaired) electrons. The minimum absolute atomic E-state index is 0.255. The summed E-state index contributed by atoms with van der Waals surface area (Å²) in [5.74, 6) is -0.727. The lowest BCUT2D eigenvalue weighted by Crippen LogP contribution is -2.35. The number of aliphatic hydroxyl groups is 1. The molecular formula is C11H14N2O4S. The summed E-state index contributed by atoms with van der Waals surface area (Å²) in [6, 6.07) is 1.23. The smallest absolute Gasteiger partial charge is 0.350 e. The van der Waals surface area contributed by atoms with Crippen molar-refractivity contribution in [3.63, 3.8) is 0 Å². The van der Waals surface area contributed by atoms with Crippen LogP contribution in [0.25, 0.3) is 0 Å². The Hall–Kier alpha value is -1.44. The first kappa shape index (κ1) is 13.0. The van der Waals surface area contributed by atoms with Crippen molar-refractivity contribution in [1.29, 1.82) is 0 Å². The first-order valence-electron chi connectivity index (χ1n) is 5.50. The predicted octanol–water partition coefficient (Wildman–Crippen LogP) is 0.196. The second-order valence-electron chi connectivity index (χ2n) is 3.99. The van der Waals surface area contributed by atoms with Gasteiger partial charge in [0.25, 0.3) is 0 Å². The highest BCUT2D eigenvalue weighted by atomic mass is 32.1. The second kappa shape index (κ2) is 5.47. The van der Waals surface area contributed by atoms with Crippen LogP contribution in [-0.2, 0) is 9.53 Å². The van der Waals surface area contributed by atoms with Gasteiger partial charge in [0.2, 0.25) is 5.91 Å². The van der Waals surface area contributed by atoms with Crippen molar-refractivity contribution in [2.45, 2.75) is 18.6 Å².